The minimum atomic E-state index is -1.16. The Morgan fingerprint density at radius 1 is 1.04 bits per heavy atom. The fraction of sp³-hybridized carbons (Fsp3) is 0.158. The van der Waals surface area contributed by atoms with E-state index in [4.69, 9.17) is 10.2 Å². The smallest absolute Gasteiger partial charge is 0.244 e. The number of carbonyl (C=O) groups is 1. The molecule has 3 rings (SSSR count). The van der Waals surface area contributed by atoms with E-state index in [2.05, 4.69) is 20.9 Å². The molecule has 0 saturated heterocycles. The lowest BCUT2D eigenvalue weighted by molar-refractivity contribution is -0.120. The Balaban J connectivity index is 1.85. The van der Waals surface area contributed by atoms with Crippen molar-refractivity contribution in [2.45, 2.75) is 17.2 Å². The second-order valence-corrected chi connectivity index (χ2v) is 6.98. The number of alkyl halides is 1. The van der Waals surface area contributed by atoms with E-state index in [-0.39, 0.29) is 5.89 Å². The van der Waals surface area contributed by atoms with Gasteiger partial charge in [0.15, 0.2) is 4.32 Å². The number of rotatable bonds is 6. The number of hydrogen-bond donors (Lipinski definition) is 1. The summed E-state index contributed by atoms with van der Waals surface area (Å²) in [5, 5.41) is 0. The molecular formula is C19H17BrN2O2. The van der Waals surface area contributed by atoms with Crippen molar-refractivity contribution in [2.75, 3.05) is 0 Å². The third-order valence-electron chi connectivity index (χ3n) is 3.79. The van der Waals surface area contributed by atoms with Crippen molar-refractivity contribution in [3.63, 3.8) is 0 Å². The summed E-state index contributed by atoms with van der Waals surface area (Å²) in [6.45, 7) is 0. The molecular weight excluding hydrogens is 368 g/mol. The zero-order chi connectivity index (χ0) is 17.0. The number of aromatic nitrogens is 1. The maximum absolute atomic E-state index is 12.1. The summed E-state index contributed by atoms with van der Waals surface area (Å²) in [5.74, 6) is 0.443. The third kappa shape index (κ3) is 3.57. The number of halogens is 1. The average molecular weight is 385 g/mol. The Bertz CT molecular complexity index is 818. The van der Waals surface area contributed by atoms with Crippen LogP contribution in [0.4, 0.5) is 0 Å². The summed E-state index contributed by atoms with van der Waals surface area (Å²) >= 11 is 3.46. The number of oxazole rings is 1. The predicted octanol–water partition coefficient (Wildman–Crippen LogP) is 3.58. The fourth-order valence-electron chi connectivity index (χ4n) is 2.51. The van der Waals surface area contributed by atoms with Crippen molar-refractivity contribution >= 4 is 21.8 Å². The van der Waals surface area contributed by atoms with Gasteiger partial charge < -0.3 is 10.2 Å². The van der Waals surface area contributed by atoms with Crippen LogP contribution in [0.5, 0.6) is 0 Å². The van der Waals surface area contributed by atoms with E-state index >= 15 is 0 Å². The first kappa shape index (κ1) is 16.5. The molecule has 0 bridgehead atoms. The van der Waals surface area contributed by atoms with E-state index < -0.39 is 10.2 Å². The van der Waals surface area contributed by atoms with Gasteiger partial charge in [0.25, 0.3) is 0 Å². The zero-order valence-electron chi connectivity index (χ0n) is 13.0. The topological polar surface area (TPSA) is 69.1 Å². The first-order valence-electron chi connectivity index (χ1n) is 7.60. The number of amides is 1. The molecule has 24 heavy (non-hydrogen) atoms. The number of nitrogens with two attached hydrogens (primary N) is 1. The number of benzene rings is 2. The highest BCUT2D eigenvalue weighted by atomic mass is 79.9. The third-order valence-corrected chi connectivity index (χ3v) is 4.81. The van der Waals surface area contributed by atoms with Gasteiger partial charge in [0.1, 0.15) is 5.76 Å². The predicted molar refractivity (Wildman–Crippen MR) is 95.7 cm³/mol. The molecule has 0 spiro atoms. The molecule has 2 aromatic carbocycles. The minimum Gasteiger partial charge on any atom is -0.443 e. The molecule has 0 saturated carbocycles. The summed E-state index contributed by atoms with van der Waals surface area (Å²) in [6, 6.07) is 19.6. The standard InChI is InChI=1S/C19H17BrN2O2/c20-19(17(21)23,12-15-9-5-2-6-10-15)18-22-13-16(24-18)11-14-7-3-1-4-8-14/h1-10,13H,11-12H2,(H2,21,23). The first-order chi connectivity index (χ1) is 11.6. The summed E-state index contributed by atoms with van der Waals surface area (Å²) in [5.41, 5.74) is 7.71. The van der Waals surface area contributed by atoms with Crippen molar-refractivity contribution in [3.05, 3.63) is 89.6 Å². The van der Waals surface area contributed by atoms with E-state index in [9.17, 15) is 4.79 Å². The van der Waals surface area contributed by atoms with Gasteiger partial charge in [0.05, 0.1) is 6.20 Å². The number of hydrogen-bond acceptors (Lipinski definition) is 3. The van der Waals surface area contributed by atoms with E-state index in [1.54, 1.807) is 6.20 Å². The molecule has 1 atom stereocenters. The second kappa shape index (κ2) is 7.01. The van der Waals surface area contributed by atoms with Gasteiger partial charge >= 0.3 is 0 Å². The molecule has 1 unspecified atom stereocenters. The van der Waals surface area contributed by atoms with Crippen molar-refractivity contribution < 1.29 is 9.21 Å². The molecule has 0 radical (unpaired) electrons. The molecule has 0 aliphatic heterocycles. The van der Waals surface area contributed by atoms with Gasteiger partial charge in [0, 0.05) is 12.8 Å². The molecule has 1 heterocycles. The summed E-state index contributed by atoms with van der Waals surface area (Å²) < 4.78 is 4.66. The van der Waals surface area contributed by atoms with E-state index in [0.29, 0.717) is 18.6 Å². The first-order valence-corrected chi connectivity index (χ1v) is 8.39. The van der Waals surface area contributed by atoms with Crippen LogP contribution in [0.1, 0.15) is 22.8 Å². The molecule has 0 aliphatic rings. The lowest BCUT2D eigenvalue weighted by atomic mass is 9.98. The van der Waals surface area contributed by atoms with Crippen LogP contribution in [0, 0.1) is 0 Å². The molecule has 0 aliphatic carbocycles. The van der Waals surface area contributed by atoms with E-state index in [1.165, 1.54) is 0 Å². The van der Waals surface area contributed by atoms with Crippen LogP contribution in [0.25, 0.3) is 0 Å². The highest BCUT2D eigenvalue weighted by Crippen LogP contribution is 2.35. The lowest BCUT2D eigenvalue weighted by Crippen LogP contribution is -2.38. The Labute approximate surface area is 148 Å². The Kier molecular flexibility index (Phi) is 4.81. The van der Waals surface area contributed by atoms with E-state index in [1.807, 2.05) is 60.7 Å². The Hall–Kier alpha value is -2.40. The van der Waals surface area contributed by atoms with Crippen molar-refractivity contribution in [3.8, 4) is 0 Å². The maximum atomic E-state index is 12.1. The monoisotopic (exact) mass is 384 g/mol. The van der Waals surface area contributed by atoms with Crippen LogP contribution in [-0.4, -0.2) is 10.9 Å². The van der Waals surface area contributed by atoms with Crippen molar-refractivity contribution in [1.82, 2.24) is 4.98 Å². The van der Waals surface area contributed by atoms with Crippen LogP contribution in [0.3, 0.4) is 0 Å². The molecule has 5 heteroatoms. The van der Waals surface area contributed by atoms with Gasteiger partial charge in [-0.25, -0.2) is 4.98 Å². The van der Waals surface area contributed by atoms with Crippen molar-refractivity contribution in [2.24, 2.45) is 5.73 Å². The van der Waals surface area contributed by atoms with Gasteiger partial charge in [0.2, 0.25) is 11.8 Å². The van der Waals surface area contributed by atoms with Gasteiger partial charge in [-0.1, -0.05) is 76.6 Å². The zero-order valence-corrected chi connectivity index (χ0v) is 14.6. The summed E-state index contributed by atoms with van der Waals surface area (Å²) in [6.07, 6.45) is 2.63. The molecule has 1 amide bonds. The average Bonchev–Trinajstić information content (AvgIpc) is 3.05. The highest BCUT2D eigenvalue weighted by molar-refractivity contribution is 9.10. The number of nitrogens with zero attached hydrogens (tertiary/aromatic N) is 1. The molecule has 0 fully saturated rings. The van der Waals surface area contributed by atoms with Crippen LogP contribution in [-0.2, 0) is 22.0 Å². The quantitative estimate of drug-likeness (QED) is 0.660. The molecule has 3 aromatic rings. The number of primary amides is 1. The number of carbonyl (C=O) groups excluding carboxylic acids is 1. The normalized spacial score (nSPS) is 13.4. The molecule has 1 aromatic heterocycles. The highest BCUT2D eigenvalue weighted by Gasteiger charge is 2.40. The van der Waals surface area contributed by atoms with Gasteiger partial charge in [-0.3, -0.25) is 4.79 Å². The fourth-order valence-corrected chi connectivity index (χ4v) is 3.02. The molecule has 122 valence electrons. The minimum absolute atomic E-state index is 0.282. The Morgan fingerprint density at radius 3 is 2.21 bits per heavy atom. The lowest BCUT2D eigenvalue weighted by Gasteiger charge is -2.20. The van der Waals surface area contributed by atoms with Crippen LogP contribution < -0.4 is 5.73 Å². The van der Waals surface area contributed by atoms with Gasteiger partial charge in [-0.05, 0) is 11.1 Å². The van der Waals surface area contributed by atoms with Crippen molar-refractivity contribution in [1.29, 1.82) is 0 Å². The van der Waals surface area contributed by atoms with Crippen LogP contribution >= 0.6 is 15.9 Å². The Morgan fingerprint density at radius 2 is 1.62 bits per heavy atom. The SMILES string of the molecule is NC(=O)C(Br)(Cc1ccccc1)c1ncc(Cc2ccccc2)o1. The van der Waals surface area contributed by atoms with Gasteiger partial charge in [-0.2, -0.15) is 0 Å². The largest absolute Gasteiger partial charge is 0.443 e. The second-order valence-electron chi connectivity index (χ2n) is 5.62. The van der Waals surface area contributed by atoms with Crippen LogP contribution in [0.15, 0.2) is 71.3 Å². The molecule has 4 nitrogen and oxygen atoms in total. The van der Waals surface area contributed by atoms with Crippen LogP contribution in [0.2, 0.25) is 0 Å². The van der Waals surface area contributed by atoms with E-state index in [0.717, 1.165) is 11.1 Å². The van der Waals surface area contributed by atoms with Gasteiger partial charge in [-0.15, -0.1) is 0 Å². The summed E-state index contributed by atoms with van der Waals surface area (Å²) in [7, 11) is 0. The summed E-state index contributed by atoms with van der Waals surface area (Å²) in [4.78, 5) is 16.4. The maximum Gasteiger partial charge on any atom is 0.244 e. The molecule has 2 N–H and O–H groups in total.